The van der Waals surface area contributed by atoms with Crippen molar-refractivity contribution in [1.29, 1.82) is 0 Å². The molecule has 0 fully saturated rings. The number of aryl methyl sites for hydroxylation is 1. The lowest BCUT2D eigenvalue weighted by atomic mass is 9.90. The van der Waals surface area contributed by atoms with E-state index in [1.807, 2.05) is 24.3 Å². The first-order valence-corrected chi connectivity index (χ1v) is 9.16. The number of carbonyl (C=O) groups is 1. The van der Waals surface area contributed by atoms with Gasteiger partial charge in [0.2, 0.25) is 5.91 Å². The van der Waals surface area contributed by atoms with Gasteiger partial charge in [0.15, 0.2) is 5.96 Å². The summed E-state index contributed by atoms with van der Waals surface area (Å²) in [4.78, 5) is 15.5. The first-order valence-electron chi connectivity index (χ1n) is 9.16. The Hall–Kier alpha value is -2.82. The van der Waals surface area contributed by atoms with Crippen LogP contribution >= 0.6 is 0 Å². The summed E-state index contributed by atoms with van der Waals surface area (Å²) in [5.41, 5.74) is 11.9. The van der Waals surface area contributed by atoms with Crippen molar-refractivity contribution in [2.24, 2.45) is 10.7 Å². The smallest absolute Gasteiger partial charge is 0.221 e. The maximum Gasteiger partial charge on any atom is 0.221 e. The molecule has 0 spiro atoms. The van der Waals surface area contributed by atoms with Gasteiger partial charge >= 0.3 is 0 Å². The predicted octanol–water partition coefficient (Wildman–Crippen LogP) is 3.49. The van der Waals surface area contributed by atoms with Crippen molar-refractivity contribution < 1.29 is 4.79 Å². The number of anilines is 2. The van der Waals surface area contributed by atoms with Gasteiger partial charge in [0, 0.05) is 24.8 Å². The van der Waals surface area contributed by atoms with Gasteiger partial charge in [-0.1, -0.05) is 24.3 Å². The zero-order valence-electron chi connectivity index (χ0n) is 15.2. The third-order valence-electron chi connectivity index (χ3n) is 4.62. The van der Waals surface area contributed by atoms with Crippen LogP contribution in [0.3, 0.4) is 0 Å². The number of aliphatic imine (C=N–C) groups is 1. The van der Waals surface area contributed by atoms with Gasteiger partial charge in [-0.3, -0.25) is 9.79 Å². The molecule has 2 aromatic rings. The maximum atomic E-state index is 11.0. The van der Waals surface area contributed by atoms with E-state index in [4.69, 9.17) is 5.73 Å². The van der Waals surface area contributed by atoms with E-state index in [2.05, 4.69) is 33.8 Å². The molecule has 1 amide bonds. The monoisotopic (exact) mass is 350 g/mol. The molecule has 1 aliphatic rings. The fraction of sp³-hybridized carbons (Fsp3) is 0.333. The highest BCUT2D eigenvalue weighted by Gasteiger charge is 2.13. The highest BCUT2D eigenvalue weighted by Crippen LogP contribution is 2.27. The number of hydrogen-bond acceptors (Lipinski definition) is 2. The normalized spacial score (nSPS) is 13.8. The van der Waals surface area contributed by atoms with Crippen molar-refractivity contribution in [2.45, 2.75) is 39.0 Å². The van der Waals surface area contributed by atoms with E-state index >= 15 is 0 Å². The van der Waals surface area contributed by atoms with Crippen LogP contribution < -0.4 is 16.4 Å². The summed E-state index contributed by atoms with van der Waals surface area (Å²) in [5, 5.41) is 6.03. The van der Waals surface area contributed by atoms with Gasteiger partial charge in [0.25, 0.3) is 0 Å². The Bertz CT molecular complexity index is 796. The number of nitrogens with two attached hydrogens (primary N) is 1. The fourth-order valence-corrected chi connectivity index (χ4v) is 3.34. The van der Waals surface area contributed by atoms with Crippen molar-refractivity contribution in [2.75, 3.05) is 17.2 Å². The fourth-order valence-electron chi connectivity index (χ4n) is 3.34. The number of rotatable bonds is 5. The minimum atomic E-state index is -0.0655. The van der Waals surface area contributed by atoms with Crippen molar-refractivity contribution in [3.8, 4) is 0 Å². The lowest BCUT2D eigenvalue weighted by molar-refractivity contribution is -0.114. The number of hydrogen-bond donors (Lipinski definition) is 3. The van der Waals surface area contributed by atoms with Crippen molar-refractivity contribution in [3.05, 3.63) is 59.2 Å². The van der Waals surface area contributed by atoms with E-state index < -0.39 is 0 Å². The molecule has 0 aliphatic heterocycles. The number of amides is 1. The molecular weight excluding hydrogens is 324 g/mol. The molecule has 0 aromatic heterocycles. The van der Waals surface area contributed by atoms with E-state index in [1.165, 1.54) is 30.9 Å². The standard InChI is InChI=1S/C21H26N4O/c1-15(26)24-18-11-9-16(10-12-18)13-14-23-21(22)25-20-8-4-6-17-5-2-3-7-19(17)20/h4,6,8-12H,2-3,5,7,13-14H2,1H3,(H,24,26)(H3,22,23,25). The van der Waals surface area contributed by atoms with Crippen LogP contribution in [0.2, 0.25) is 0 Å². The van der Waals surface area contributed by atoms with Crippen molar-refractivity contribution in [3.63, 3.8) is 0 Å². The largest absolute Gasteiger partial charge is 0.370 e. The lowest BCUT2D eigenvalue weighted by Crippen LogP contribution is -2.24. The number of carbonyl (C=O) groups excluding carboxylic acids is 1. The minimum Gasteiger partial charge on any atom is -0.370 e. The van der Waals surface area contributed by atoms with Crippen LogP contribution in [0.5, 0.6) is 0 Å². The zero-order chi connectivity index (χ0) is 18.4. The Labute approximate surface area is 154 Å². The molecule has 0 bridgehead atoms. The number of guanidine groups is 1. The Balaban J connectivity index is 1.55. The topological polar surface area (TPSA) is 79.5 Å². The Kier molecular flexibility index (Phi) is 5.89. The summed E-state index contributed by atoms with van der Waals surface area (Å²) in [6.45, 7) is 2.12. The number of nitrogens with one attached hydrogen (secondary N) is 2. The number of nitrogens with zero attached hydrogens (tertiary/aromatic N) is 1. The molecule has 1 aliphatic carbocycles. The van der Waals surface area contributed by atoms with Gasteiger partial charge < -0.3 is 16.4 Å². The molecule has 4 N–H and O–H groups in total. The van der Waals surface area contributed by atoms with E-state index in [-0.39, 0.29) is 5.91 Å². The molecule has 0 unspecified atom stereocenters. The summed E-state index contributed by atoms with van der Waals surface area (Å²) in [6.07, 6.45) is 5.55. The van der Waals surface area contributed by atoms with Crippen molar-refractivity contribution >= 4 is 23.2 Å². The first-order chi connectivity index (χ1) is 12.6. The Morgan fingerprint density at radius 1 is 1.08 bits per heavy atom. The van der Waals surface area contributed by atoms with Crippen LogP contribution in [0.15, 0.2) is 47.5 Å². The van der Waals surface area contributed by atoms with Crippen LogP contribution in [-0.2, 0) is 24.1 Å². The third kappa shape index (κ3) is 4.85. The molecule has 5 heteroatoms. The number of benzene rings is 2. The number of fused-ring (bicyclic) bond motifs is 1. The molecule has 0 heterocycles. The summed E-state index contributed by atoms with van der Waals surface area (Å²) in [5.74, 6) is 0.392. The van der Waals surface area contributed by atoms with Gasteiger partial charge in [-0.15, -0.1) is 0 Å². The Morgan fingerprint density at radius 3 is 2.62 bits per heavy atom. The van der Waals surface area contributed by atoms with E-state index in [1.54, 1.807) is 0 Å². The molecule has 0 atom stereocenters. The molecule has 26 heavy (non-hydrogen) atoms. The van der Waals surface area contributed by atoms with Gasteiger partial charge in [-0.2, -0.15) is 0 Å². The van der Waals surface area contributed by atoms with Gasteiger partial charge in [0.1, 0.15) is 0 Å². The zero-order valence-corrected chi connectivity index (χ0v) is 15.2. The van der Waals surface area contributed by atoms with E-state index in [0.29, 0.717) is 12.5 Å². The molecule has 3 rings (SSSR count). The summed E-state index contributed by atoms with van der Waals surface area (Å²) < 4.78 is 0. The molecule has 5 nitrogen and oxygen atoms in total. The average Bonchev–Trinajstić information content (AvgIpc) is 2.63. The van der Waals surface area contributed by atoms with Crippen molar-refractivity contribution in [1.82, 2.24) is 0 Å². The van der Waals surface area contributed by atoms with Crippen LogP contribution in [0, 0.1) is 0 Å². The van der Waals surface area contributed by atoms with Gasteiger partial charge in [0.05, 0.1) is 0 Å². The summed E-state index contributed by atoms with van der Waals surface area (Å²) in [6, 6.07) is 14.2. The highest BCUT2D eigenvalue weighted by molar-refractivity contribution is 5.93. The van der Waals surface area contributed by atoms with Gasteiger partial charge in [-0.25, -0.2) is 0 Å². The first kappa shape index (κ1) is 18.0. The Morgan fingerprint density at radius 2 is 1.85 bits per heavy atom. The van der Waals surface area contributed by atoms with Crippen LogP contribution in [0.4, 0.5) is 11.4 Å². The quantitative estimate of drug-likeness (QED) is 0.570. The predicted molar refractivity (Wildman–Crippen MR) is 108 cm³/mol. The summed E-state index contributed by atoms with van der Waals surface area (Å²) in [7, 11) is 0. The second-order valence-electron chi connectivity index (χ2n) is 6.67. The van der Waals surface area contributed by atoms with E-state index in [9.17, 15) is 4.79 Å². The minimum absolute atomic E-state index is 0.0655. The van der Waals surface area contributed by atoms with Crippen LogP contribution in [0.25, 0.3) is 0 Å². The second kappa shape index (κ2) is 8.52. The molecule has 0 radical (unpaired) electrons. The third-order valence-corrected chi connectivity index (χ3v) is 4.62. The van der Waals surface area contributed by atoms with Gasteiger partial charge in [-0.05, 0) is 67.0 Å². The molecular formula is C21H26N4O. The SMILES string of the molecule is CC(=O)Nc1ccc(CCN=C(N)Nc2cccc3c2CCCC3)cc1. The average molecular weight is 350 g/mol. The summed E-state index contributed by atoms with van der Waals surface area (Å²) >= 11 is 0. The molecule has 136 valence electrons. The molecule has 0 saturated heterocycles. The maximum absolute atomic E-state index is 11.0. The molecule has 0 saturated carbocycles. The van der Waals surface area contributed by atoms with Crippen LogP contribution in [-0.4, -0.2) is 18.4 Å². The lowest BCUT2D eigenvalue weighted by Gasteiger charge is -2.19. The van der Waals surface area contributed by atoms with E-state index in [0.717, 1.165) is 36.2 Å². The second-order valence-corrected chi connectivity index (χ2v) is 6.67. The highest BCUT2D eigenvalue weighted by atomic mass is 16.1. The van der Waals surface area contributed by atoms with Crippen LogP contribution in [0.1, 0.15) is 36.5 Å². The molecule has 2 aromatic carbocycles.